The maximum absolute atomic E-state index is 6.15. The van der Waals surface area contributed by atoms with Gasteiger partial charge in [-0.25, -0.2) is 9.97 Å². The van der Waals surface area contributed by atoms with Crippen LogP contribution in [0.15, 0.2) is 24.3 Å². The van der Waals surface area contributed by atoms with Gasteiger partial charge in [0.1, 0.15) is 28.4 Å². The first-order chi connectivity index (χ1) is 14.9. The molecule has 2 aliphatic rings. The number of benzene rings is 1. The Morgan fingerprint density at radius 1 is 1.19 bits per heavy atom. The van der Waals surface area contributed by atoms with E-state index in [-0.39, 0.29) is 12.1 Å². The van der Waals surface area contributed by atoms with Crippen LogP contribution in [0, 0.1) is 13.8 Å². The Labute approximate surface area is 185 Å². The van der Waals surface area contributed by atoms with Crippen LogP contribution in [0.2, 0.25) is 0 Å². The summed E-state index contributed by atoms with van der Waals surface area (Å²) in [5.41, 5.74) is 18.1. The number of nitrogens with one attached hydrogen (secondary N) is 1. The Morgan fingerprint density at radius 2 is 2.03 bits per heavy atom. The first-order valence-corrected chi connectivity index (χ1v) is 11.1. The molecule has 0 fully saturated rings. The molecule has 4 heterocycles. The van der Waals surface area contributed by atoms with Gasteiger partial charge in [0.05, 0.1) is 0 Å². The number of ether oxygens (including phenoxy) is 1. The number of aryl methyl sites for hydroxylation is 1. The summed E-state index contributed by atoms with van der Waals surface area (Å²) in [5.74, 6) is 1.98. The van der Waals surface area contributed by atoms with Crippen molar-refractivity contribution < 1.29 is 4.74 Å². The summed E-state index contributed by atoms with van der Waals surface area (Å²) in [6.07, 6.45) is 2.32. The average Bonchev–Trinajstić information content (AvgIpc) is 3.02. The van der Waals surface area contributed by atoms with E-state index in [1.165, 1.54) is 11.3 Å². The van der Waals surface area contributed by atoms with Crippen molar-refractivity contribution in [3.05, 3.63) is 52.4 Å². The van der Waals surface area contributed by atoms with Crippen LogP contribution in [-0.4, -0.2) is 34.1 Å². The zero-order valence-corrected chi connectivity index (χ0v) is 18.6. The van der Waals surface area contributed by atoms with Crippen LogP contribution in [0.4, 0.5) is 21.9 Å². The second kappa shape index (κ2) is 7.51. The maximum atomic E-state index is 6.15. The standard InChI is InChI=1S/C22H25N7OS/c1-11-9-25-10-15-8-14(4-5-17(15)30-11)16-6-7-29(20-18(16)27-22(24)31-20)19-12(2)13(3)26-21(23)28-19/h4-6,8,11,25H,7,9-10H2,1-3H3,(H2,24,27)(H2,23,26,28). The zero-order chi connectivity index (χ0) is 21.7. The molecule has 5 rings (SSSR count). The van der Waals surface area contributed by atoms with Crippen LogP contribution < -0.4 is 26.4 Å². The molecule has 2 aromatic heterocycles. The van der Waals surface area contributed by atoms with Gasteiger partial charge < -0.3 is 26.4 Å². The molecule has 0 saturated heterocycles. The molecule has 0 spiro atoms. The Kier molecular flexibility index (Phi) is 4.79. The molecule has 3 aromatic rings. The van der Waals surface area contributed by atoms with Gasteiger partial charge in [0.15, 0.2) is 5.13 Å². The molecule has 5 N–H and O–H groups in total. The summed E-state index contributed by atoms with van der Waals surface area (Å²) in [6, 6.07) is 6.32. The summed E-state index contributed by atoms with van der Waals surface area (Å²) in [4.78, 5) is 15.6. The molecule has 0 aliphatic carbocycles. The Hall–Kier alpha value is -3.17. The third kappa shape index (κ3) is 3.49. The van der Waals surface area contributed by atoms with E-state index < -0.39 is 0 Å². The molecular formula is C22H25N7OS. The van der Waals surface area contributed by atoms with E-state index in [0.29, 0.717) is 11.7 Å². The van der Waals surface area contributed by atoms with Crippen LogP contribution in [0.1, 0.15) is 35.0 Å². The zero-order valence-electron chi connectivity index (χ0n) is 17.8. The van der Waals surface area contributed by atoms with Crippen molar-refractivity contribution in [2.75, 3.05) is 29.5 Å². The lowest BCUT2D eigenvalue weighted by Crippen LogP contribution is -2.24. The Balaban J connectivity index is 1.57. The van der Waals surface area contributed by atoms with Gasteiger partial charge >= 0.3 is 0 Å². The minimum Gasteiger partial charge on any atom is -0.489 e. The van der Waals surface area contributed by atoms with E-state index >= 15 is 0 Å². The molecule has 0 radical (unpaired) electrons. The number of nitrogens with zero attached hydrogens (tertiary/aromatic N) is 4. The third-order valence-corrected chi connectivity index (χ3v) is 6.59. The summed E-state index contributed by atoms with van der Waals surface area (Å²) < 4.78 is 6.03. The highest BCUT2D eigenvalue weighted by atomic mass is 32.1. The van der Waals surface area contributed by atoms with Crippen LogP contribution >= 0.6 is 11.3 Å². The fourth-order valence-corrected chi connectivity index (χ4v) is 4.91. The molecule has 1 aromatic carbocycles. The van der Waals surface area contributed by atoms with Crippen molar-refractivity contribution in [1.29, 1.82) is 0 Å². The predicted molar refractivity (Wildman–Crippen MR) is 125 cm³/mol. The molecular weight excluding hydrogens is 410 g/mol. The van der Waals surface area contributed by atoms with E-state index in [4.69, 9.17) is 16.2 Å². The minimum absolute atomic E-state index is 0.145. The highest BCUT2D eigenvalue weighted by Gasteiger charge is 2.28. The van der Waals surface area contributed by atoms with Crippen molar-refractivity contribution in [1.82, 2.24) is 20.3 Å². The molecule has 0 bridgehead atoms. The smallest absolute Gasteiger partial charge is 0.222 e. The maximum Gasteiger partial charge on any atom is 0.222 e. The number of hydrogen-bond donors (Lipinski definition) is 3. The fraction of sp³-hybridized carbons (Fsp3) is 0.318. The minimum atomic E-state index is 0.145. The summed E-state index contributed by atoms with van der Waals surface area (Å²) >= 11 is 1.46. The van der Waals surface area contributed by atoms with Crippen LogP contribution in [0.25, 0.3) is 5.57 Å². The summed E-state index contributed by atoms with van der Waals surface area (Å²) in [6.45, 7) is 8.27. The van der Waals surface area contributed by atoms with Crippen molar-refractivity contribution >= 4 is 38.8 Å². The number of nitrogen functional groups attached to an aromatic ring is 2. The van der Waals surface area contributed by atoms with E-state index in [2.05, 4.69) is 56.4 Å². The molecule has 9 heteroatoms. The van der Waals surface area contributed by atoms with Gasteiger partial charge in [-0.15, -0.1) is 0 Å². The Bertz CT molecular complexity index is 1200. The number of fused-ring (bicyclic) bond motifs is 2. The normalized spacial score (nSPS) is 18.0. The first kappa shape index (κ1) is 19.8. The number of nitrogens with two attached hydrogens (primary N) is 2. The van der Waals surface area contributed by atoms with E-state index in [1.54, 1.807) is 0 Å². The number of thiazole rings is 1. The van der Waals surface area contributed by atoms with Gasteiger partial charge in [-0.2, -0.15) is 4.98 Å². The second-order valence-electron chi connectivity index (χ2n) is 7.93. The molecule has 0 amide bonds. The Morgan fingerprint density at radius 3 is 2.87 bits per heavy atom. The average molecular weight is 436 g/mol. The van der Waals surface area contributed by atoms with Gasteiger partial charge in [-0.05, 0) is 38.5 Å². The van der Waals surface area contributed by atoms with Crippen molar-refractivity contribution in [3.63, 3.8) is 0 Å². The molecule has 1 atom stereocenters. The SMILES string of the molecule is Cc1nc(N)nc(N2CC=C(c3ccc4c(c3)CNCC(C)O4)c3nc(N)sc32)c1C. The lowest BCUT2D eigenvalue weighted by molar-refractivity contribution is 0.226. The number of rotatable bonds is 2. The molecule has 2 aliphatic heterocycles. The van der Waals surface area contributed by atoms with E-state index in [1.807, 2.05) is 13.8 Å². The highest BCUT2D eigenvalue weighted by Crippen LogP contribution is 2.44. The number of anilines is 4. The predicted octanol–water partition coefficient (Wildman–Crippen LogP) is 3.17. The van der Waals surface area contributed by atoms with Crippen molar-refractivity contribution in [2.45, 2.75) is 33.4 Å². The lowest BCUT2D eigenvalue weighted by atomic mass is 9.97. The van der Waals surface area contributed by atoms with Crippen LogP contribution in [0.5, 0.6) is 5.75 Å². The summed E-state index contributed by atoms with van der Waals surface area (Å²) in [7, 11) is 0. The lowest BCUT2D eigenvalue weighted by Gasteiger charge is -2.28. The van der Waals surface area contributed by atoms with Gasteiger partial charge in [0, 0.05) is 42.0 Å². The molecule has 160 valence electrons. The van der Waals surface area contributed by atoms with Gasteiger partial charge in [-0.1, -0.05) is 23.5 Å². The summed E-state index contributed by atoms with van der Waals surface area (Å²) in [5, 5.41) is 4.93. The fourth-order valence-electron chi connectivity index (χ4n) is 4.05. The topological polar surface area (TPSA) is 115 Å². The van der Waals surface area contributed by atoms with Gasteiger partial charge in [-0.3, -0.25) is 0 Å². The quantitative estimate of drug-likeness (QED) is 0.562. The van der Waals surface area contributed by atoms with Crippen LogP contribution in [-0.2, 0) is 6.54 Å². The van der Waals surface area contributed by atoms with Gasteiger partial charge in [0.25, 0.3) is 0 Å². The van der Waals surface area contributed by atoms with E-state index in [0.717, 1.165) is 63.3 Å². The van der Waals surface area contributed by atoms with Crippen molar-refractivity contribution in [2.24, 2.45) is 0 Å². The molecule has 1 unspecified atom stereocenters. The van der Waals surface area contributed by atoms with Crippen molar-refractivity contribution in [3.8, 4) is 5.75 Å². The number of hydrogen-bond acceptors (Lipinski definition) is 9. The molecule has 31 heavy (non-hydrogen) atoms. The highest BCUT2D eigenvalue weighted by molar-refractivity contribution is 7.19. The molecule has 8 nitrogen and oxygen atoms in total. The largest absolute Gasteiger partial charge is 0.489 e. The van der Waals surface area contributed by atoms with E-state index in [9.17, 15) is 0 Å². The first-order valence-electron chi connectivity index (χ1n) is 10.3. The number of aromatic nitrogens is 3. The van der Waals surface area contributed by atoms with Crippen LogP contribution in [0.3, 0.4) is 0 Å². The van der Waals surface area contributed by atoms with Gasteiger partial charge in [0.2, 0.25) is 5.95 Å². The second-order valence-corrected chi connectivity index (χ2v) is 8.94. The third-order valence-electron chi connectivity index (χ3n) is 5.69. The monoisotopic (exact) mass is 435 g/mol. The molecule has 0 saturated carbocycles.